The summed E-state index contributed by atoms with van der Waals surface area (Å²) >= 11 is 0. The van der Waals surface area contributed by atoms with Crippen LogP contribution in [0, 0.1) is 5.92 Å². The quantitative estimate of drug-likeness (QED) is 0.843. The molecule has 2 atom stereocenters. The second-order valence-corrected chi connectivity index (χ2v) is 5.07. The Morgan fingerprint density at radius 1 is 1.22 bits per heavy atom. The van der Waals surface area contributed by atoms with Crippen LogP contribution < -0.4 is 15.2 Å². The largest absolute Gasteiger partial charge is 0.486 e. The van der Waals surface area contributed by atoms with Gasteiger partial charge in [0.2, 0.25) is 0 Å². The highest BCUT2D eigenvalue weighted by molar-refractivity contribution is 5.45. The molecule has 1 saturated carbocycles. The molecule has 1 fully saturated rings. The van der Waals surface area contributed by atoms with Gasteiger partial charge in [-0.2, -0.15) is 0 Å². The first-order chi connectivity index (χ1) is 8.79. The number of rotatable bonds is 4. The van der Waals surface area contributed by atoms with E-state index in [2.05, 4.69) is 0 Å². The maximum absolute atomic E-state index is 10.3. The van der Waals surface area contributed by atoms with Gasteiger partial charge in [-0.15, -0.1) is 0 Å². The SMILES string of the molecule is NCC(c1ccc2c(c1)OCCO2)C(O)C1CC1. The van der Waals surface area contributed by atoms with E-state index in [-0.39, 0.29) is 12.0 Å². The van der Waals surface area contributed by atoms with Gasteiger partial charge >= 0.3 is 0 Å². The lowest BCUT2D eigenvalue weighted by molar-refractivity contribution is 0.122. The van der Waals surface area contributed by atoms with E-state index < -0.39 is 0 Å². The fourth-order valence-corrected chi connectivity index (χ4v) is 2.53. The van der Waals surface area contributed by atoms with Crippen LogP contribution in [0.5, 0.6) is 11.5 Å². The van der Waals surface area contributed by atoms with Crippen LogP contribution in [0.4, 0.5) is 0 Å². The van der Waals surface area contributed by atoms with E-state index in [4.69, 9.17) is 15.2 Å². The van der Waals surface area contributed by atoms with Gasteiger partial charge in [0.25, 0.3) is 0 Å². The van der Waals surface area contributed by atoms with Crippen molar-refractivity contribution in [2.45, 2.75) is 24.9 Å². The third-order valence-electron chi connectivity index (χ3n) is 3.77. The molecule has 0 saturated heterocycles. The zero-order chi connectivity index (χ0) is 12.5. The molecule has 3 rings (SSSR count). The Balaban J connectivity index is 1.85. The standard InChI is InChI=1S/C14H19NO3/c15-8-11(14(16)9-1-2-9)10-3-4-12-13(7-10)18-6-5-17-12/h3-4,7,9,11,14,16H,1-2,5-6,8,15H2. The molecule has 98 valence electrons. The van der Waals surface area contributed by atoms with Gasteiger partial charge < -0.3 is 20.3 Å². The minimum absolute atomic E-state index is 0.00618. The average molecular weight is 249 g/mol. The molecule has 2 aliphatic rings. The molecular weight excluding hydrogens is 230 g/mol. The second kappa shape index (κ2) is 4.78. The molecule has 1 aliphatic heterocycles. The fraction of sp³-hybridized carbons (Fsp3) is 0.571. The van der Waals surface area contributed by atoms with Gasteiger partial charge in [0.05, 0.1) is 6.10 Å². The van der Waals surface area contributed by atoms with Crippen LogP contribution in [0.15, 0.2) is 18.2 Å². The van der Waals surface area contributed by atoms with E-state index in [1.54, 1.807) is 0 Å². The van der Waals surface area contributed by atoms with Crippen molar-refractivity contribution >= 4 is 0 Å². The van der Waals surface area contributed by atoms with Crippen molar-refractivity contribution in [3.63, 3.8) is 0 Å². The molecule has 2 unspecified atom stereocenters. The summed E-state index contributed by atoms with van der Waals surface area (Å²) in [5, 5.41) is 10.3. The first kappa shape index (κ1) is 11.8. The lowest BCUT2D eigenvalue weighted by Crippen LogP contribution is -2.27. The van der Waals surface area contributed by atoms with Crippen LogP contribution in [-0.4, -0.2) is 31.0 Å². The Labute approximate surface area is 107 Å². The van der Waals surface area contributed by atoms with E-state index in [9.17, 15) is 5.11 Å². The Morgan fingerprint density at radius 3 is 2.61 bits per heavy atom. The smallest absolute Gasteiger partial charge is 0.161 e. The maximum atomic E-state index is 10.3. The fourth-order valence-electron chi connectivity index (χ4n) is 2.53. The molecule has 18 heavy (non-hydrogen) atoms. The molecule has 4 nitrogen and oxygen atoms in total. The first-order valence-corrected chi connectivity index (χ1v) is 6.57. The number of fused-ring (bicyclic) bond motifs is 1. The summed E-state index contributed by atoms with van der Waals surface area (Å²) in [5.74, 6) is 1.96. The predicted octanol–water partition coefficient (Wildman–Crippen LogP) is 1.27. The van der Waals surface area contributed by atoms with E-state index >= 15 is 0 Å². The minimum Gasteiger partial charge on any atom is -0.486 e. The number of aliphatic hydroxyl groups is 1. The molecule has 0 amide bonds. The summed E-state index contributed by atoms with van der Waals surface area (Å²) in [5.41, 5.74) is 6.86. The molecule has 1 heterocycles. The summed E-state index contributed by atoms with van der Waals surface area (Å²) in [6, 6.07) is 5.85. The third kappa shape index (κ3) is 2.18. The number of nitrogens with two attached hydrogens (primary N) is 1. The van der Waals surface area contributed by atoms with Crippen molar-refractivity contribution in [3.05, 3.63) is 23.8 Å². The van der Waals surface area contributed by atoms with E-state index in [0.29, 0.717) is 25.7 Å². The van der Waals surface area contributed by atoms with Crippen molar-refractivity contribution < 1.29 is 14.6 Å². The van der Waals surface area contributed by atoms with Gasteiger partial charge in [-0.1, -0.05) is 6.07 Å². The number of hydrogen-bond acceptors (Lipinski definition) is 4. The Kier molecular flexibility index (Phi) is 3.14. The molecule has 0 bridgehead atoms. The summed E-state index contributed by atoms with van der Waals surface area (Å²) in [4.78, 5) is 0. The highest BCUT2D eigenvalue weighted by Gasteiger charge is 2.35. The number of aliphatic hydroxyl groups excluding tert-OH is 1. The van der Waals surface area contributed by atoms with Crippen molar-refractivity contribution in [2.24, 2.45) is 11.7 Å². The van der Waals surface area contributed by atoms with Crippen LogP contribution in [0.2, 0.25) is 0 Å². The molecule has 4 heteroatoms. The van der Waals surface area contributed by atoms with Crippen LogP contribution in [-0.2, 0) is 0 Å². The molecule has 1 aromatic carbocycles. The highest BCUT2D eigenvalue weighted by atomic mass is 16.6. The number of ether oxygens (including phenoxy) is 2. The maximum Gasteiger partial charge on any atom is 0.161 e. The highest BCUT2D eigenvalue weighted by Crippen LogP contribution is 2.40. The van der Waals surface area contributed by atoms with Gasteiger partial charge in [-0.25, -0.2) is 0 Å². The van der Waals surface area contributed by atoms with Gasteiger partial charge in [0.1, 0.15) is 13.2 Å². The normalized spacial score (nSPS) is 21.4. The molecular formula is C14H19NO3. The Bertz CT molecular complexity index is 431. The van der Waals surface area contributed by atoms with Crippen LogP contribution in [0.3, 0.4) is 0 Å². The van der Waals surface area contributed by atoms with Gasteiger partial charge in [0, 0.05) is 12.5 Å². The van der Waals surface area contributed by atoms with Gasteiger partial charge in [0.15, 0.2) is 11.5 Å². The van der Waals surface area contributed by atoms with Crippen LogP contribution >= 0.6 is 0 Å². The molecule has 0 radical (unpaired) electrons. The lowest BCUT2D eigenvalue weighted by atomic mass is 9.90. The first-order valence-electron chi connectivity index (χ1n) is 6.57. The third-order valence-corrected chi connectivity index (χ3v) is 3.77. The van der Waals surface area contributed by atoms with Gasteiger partial charge in [-0.3, -0.25) is 0 Å². The monoisotopic (exact) mass is 249 g/mol. The van der Waals surface area contributed by atoms with E-state index in [1.807, 2.05) is 18.2 Å². The molecule has 1 aromatic rings. The number of benzene rings is 1. The molecule has 3 N–H and O–H groups in total. The zero-order valence-electron chi connectivity index (χ0n) is 10.3. The van der Waals surface area contributed by atoms with E-state index in [0.717, 1.165) is 29.9 Å². The van der Waals surface area contributed by atoms with Gasteiger partial charge in [-0.05, 0) is 36.5 Å². The van der Waals surface area contributed by atoms with Crippen LogP contribution in [0.1, 0.15) is 24.3 Å². The molecule has 0 aromatic heterocycles. The van der Waals surface area contributed by atoms with Crippen molar-refractivity contribution in [1.82, 2.24) is 0 Å². The topological polar surface area (TPSA) is 64.7 Å². The van der Waals surface area contributed by atoms with E-state index in [1.165, 1.54) is 0 Å². The minimum atomic E-state index is -0.336. The Hall–Kier alpha value is -1.26. The summed E-state index contributed by atoms with van der Waals surface area (Å²) < 4.78 is 11.1. The van der Waals surface area contributed by atoms with Crippen molar-refractivity contribution in [3.8, 4) is 11.5 Å². The average Bonchev–Trinajstić information content (AvgIpc) is 3.23. The summed E-state index contributed by atoms with van der Waals surface area (Å²) in [6.07, 6.45) is 1.89. The Morgan fingerprint density at radius 2 is 1.94 bits per heavy atom. The van der Waals surface area contributed by atoms with Crippen molar-refractivity contribution in [2.75, 3.05) is 19.8 Å². The summed E-state index contributed by atoms with van der Waals surface area (Å²) in [7, 11) is 0. The number of hydrogen-bond donors (Lipinski definition) is 2. The summed E-state index contributed by atoms with van der Waals surface area (Å²) in [6.45, 7) is 1.63. The zero-order valence-corrected chi connectivity index (χ0v) is 10.3. The van der Waals surface area contributed by atoms with Crippen molar-refractivity contribution in [1.29, 1.82) is 0 Å². The molecule has 1 aliphatic carbocycles. The van der Waals surface area contributed by atoms with Crippen LogP contribution in [0.25, 0.3) is 0 Å². The predicted molar refractivity (Wildman–Crippen MR) is 68.0 cm³/mol. The second-order valence-electron chi connectivity index (χ2n) is 5.07. The lowest BCUT2D eigenvalue weighted by Gasteiger charge is -2.24. The molecule has 0 spiro atoms.